The average Bonchev–Trinajstić information content (AvgIpc) is 2.71. The van der Waals surface area contributed by atoms with E-state index < -0.39 is 0 Å². The first kappa shape index (κ1) is 14.0. The summed E-state index contributed by atoms with van der Waals surface area (Å²) in [7, 11) is 0. The third-order valence-corrected chi connectivity index (χ3v) is 3.94. The van der Waals surface area contributed by atoms with E-state index in [4.69, 9.17) is 5.73 Å². The Kier molecular flexibility index (Phi) is 6.37. The van der Waals surface area contributed by atoms with Gasteiger partial charge in [0.25, 0.3) is 0 Å². The minimum atomic E-state index is 0.737. The van der Waals surface area contributed by atoms with E-state index in [1.807, 2.05) is 0 Å². The third kappa shape index (κ3) is 4.84. The number of hydrogen-bond acceptors (Lipinski definition) is 2. The molecule has 0 spiro atoms. The molecule has 1 aliphatic rings. The van der Waals surface area contributed by atoms with Crippen LogP contribution in [0.5, 0.6) is 0 Å². The third-order valence-electron chi connectivity index (χ3n) is 3.94. The first-order valence-corrected chi connectivity index (χ1v) is 7.08. The minimum Gasteiger partial charge on any atom is -0.330 e. The van der Waals surface area contributed by atoms with E-state index in [0.717, 1.165) is 24.3 Å². The Balaban J connectivity index is 2.17. The summed E-state index contributed by atoms with van der Waals surface area (Å²) in [5, 5.41) is 0. The summed E-state index contributed by atoms with van der Waals surface area (Å²) in [5.41, 5.74) is 5.84. The molecular weight excluding hydrogens is 196 g/mol. The van der Waals surface area contributed by atoms with Crippen LogP contribution in [0.3, 0.4) is 0 Å². The van der Waals surface area contributed by atoms with E-state index >= 15 is 0 Å². The molecule has 16 heavy (non-hydrogen) atoms. The molecule has 1 rings (SSSR count). The highest BCUT2D eigenvalue weighted by atomic mass is 15.1. The SMILES string of the molecule is CCC1CCN(CCC(CN)CC(C)C)C1. The van der Waals surface area contributed by atoms with Crippen LogP contribution in [0.25, 0.3) is 0 Å². The molecule has 1 heterocycles. The van der Waals surface area contributed by atoms with Crippen molar-refractivity contribution in [3.8, 4) is 0 Å². The molecule has 0 bridgehead atoms. The molecule has 2 N–H and O–H groups in total. The summed E-state index contributed by atoms with van der Waals surface area (Å²) in [4.78, 5) is 2.64. The predicted molar refractivity (Wildman–Crippen MR) is 71.5 cm³/mol. The van der Waals surface area contributed by atoms with Crippen LogP contribution in [0.2, 0.25) is 0 Å². The van der Waals surface area contributed by atoms with Crippen molar-refractivity contribution >= 4 is 0 Å². The predicted octanol–water partition coefficient (Wildman–Crippen LogP) is 2.73. The summed E-state index contributed by atoms with van der Waals surface area (Å²) in [5.74, 6) is 2.48. The molecule has 0 radical (unpaired) electrons. The van der Waals surface area contributed by atoms with E-state index in [9.17, 15) is 0 Å². The maximum Gasteiger partial charge on any atom is 0.00100 e. The van der Waals surface area contributed by atoms with Crippen molar-refractivity contribution in [2.75, 3.05) is 26.2 Å². The topological polar surface area (TPSA) is 29.3 Å². The van der Waals surface area contributed by atoms with Gasteiger partial charge in [0.05, 0.1) is 0 Å². The van der Waals surface area contributed by atoms with Gasteiger partial charge in [-0.05, 0) is 56.7 Å². The number of rotatable bonds is 7. The second-order valence-electron chi connectivity index (χ2n) is 5.88. The molecule has 0 aliphatic carbocycles. The molecule has 0 amide bonds. The van der Waals surface area contributed by atoms with Gasteiger partial charge in [0.2, 0.25) is 0 Å². The Labute approximate surface area is 102 Å². The Morgan fingerprint density at radius 3 is 2.62 bits per heavy atom. The smallest absolute Gasteiger partial charge is 0.00100 e. The van der Waals surface area contributed by atoms with Crippen molar-refractivity contribution in [1.29, 1.82) is 0 Å². The molecule has 2 heteroatoms. The quantitative estimate of drug-likeness (QED) is 0.723. The standard InChI is InChI=1S/C14H30N2/c1-4-13-5-7-16(11-13)8-6-14(10-15)9-12(2)3/h12-14H,4-11,15H2,1-3H3. The van der Waals surface area contributed by atoms with Gasteiger partial charge in [-0.25, -0.2) is 0 Å². The molecule has 0 aromatic heterocycles. The van der Waals surface area contributed by atoms with Gasteiger partial charge >= 0.3 is 0 Å². The van der Waals surface area contributed by atoms with Gasteiger partial charge in [0.1, 0.15) is 0 Å². The van der Waals surface area contributed by atoms with Gasteiger partial charge in [0, 0.05) is 6.54 Å². The van der Waals surface area contributed by atoms with Crippen molar-refractivity contribution < 1.29 is 0 Å². The lowest BCUT2D eigenvalue weighted by Crippen LogP contribution is -2.26. The van der Waals surface area contributed by atoms with Crippen LogP contribution >= 0.6 is 0 Å². The molecule has 0 saturated carbocycles. The highest BCUT2D eigenvalue weighted by molar-refractivity contribution is 4.75. The lowest BCUT2D eigenvalue weighted by molar-refractivity contribution is 0.277. The average molecular weight is 226 g/mol. The Bertz CT molecular complexity index is 180. The summed E-state index contributed by atoms with van der Waals surface area (Å²) < 4.78 is 0. The zero-order valence-electron chi connectivity index (χ0n) is 11.4. The van der Waals surface area contributed by atoms with E-state index in [1.54, 1.807) is 0 Å². The molecule has 2 atom stereocenters. The first-order chi connectivity index (χ1) is 7.65. The fourth-order valence-corrected chi connectivity index (χ4v) is 2.81. The van der Waals surface area contributed by atoms with Crippen molar-refractivity contribution in [3.63, 3.8) is 0 Å². The molecule has 1 aliphatic heterocycles. The van der Waals surface area contributed by atoms with Crippen LogP contribution in [-0.2, 0) is 0 Å². The molecular formula is C14H30N2. The van der Waals surface area contributed by atoms with Crippen LogP contribution in [0, 0.1) is 17.8 Å². The molecule has 96 valence electrons. The van der Waals surface area contributed by atoms with Gasteiger partial charge in [-0.3, -0.25) is 0 Å². The van der Waals surface area contributed by atoms with Crippen LogP contribution in [-0.4, -0.2) is 31.1 Å². The van der Waals surface area contributed by atoms with Gasteiger partial charge in [0.15, 0.2) is 0 Å². The van der Waals surface area contributed by atoms with Crippen LogP contribution in [0.1, 0.15) is 46.5 Å². The number of likely N-dealkylation sites (tertiary alicyclic amines) is 1. The monoisotopic (exact) mass is 226 g/mol. The normalized spacial score (nSPS) is 24.2. The second kappa shape index (κ2) is 7.29. The van der Waals surface area contributed by atoms with Crippen molar-refractivity contribution in [1.82, 2.24) is 4.90 Å². The molecule has 2 nitrogen and oxygen atoms in total. The van der Waals surface area contributed by atoms with Gasteiger partial charge < -0.3 is 10.6 Å². The minimum absolute atomic E-state index is 0.737. The summed E-state index contributed by atoms with van der Waals surface area (Å²) >= 11 is 0. The van der Waals surface area contributed by atoms with E-state index in [1.165, 1.54) is 45.3 Å². The fourth-order valence-electron chi connectivity index (χ4n) is 2.81. The second-order valence-corrected chi connectivity index (χ2v) is 5.88. The van der Waals surface area contributed by atoms with Gasteiger partial charge in [-0.1, -0.05) is 27.2 Å². The fraction of sp³-hybridized carbons (Fsp3) is 1.00. The molecule has 2 unspecified atom stereocenters. The number of nitrogens with zero attached hydrogens (tertiary/aromatic N) is 1. The van der Waals surface area contributed by atoms with Gasteiger partial charge in [-0.15, -0.1) is 0 Å². The lowest BCUT2D eigenvalue weighted by Gasteiger charge is -2.21. The van der Waals surface area contributed by atoms with E-state index in [-0.39, 0.29) is 0 Å². The Morgan fingerprint density at radius 1 is 1.38 bits per heavy atom. The number of nitrogens with two attached hydrogens (primary N) is 1. The molecule has 1 fully saturated rings. The highest BCUT2D eigenvalue weighted by Gasteiger charge is 2.21. The van der Waals surface area contributed by atoms with Gasteiger partial charge in [-0.2, -0.15) is 0 Å². The lowest BCUT2D eigenvalue weighted by atomic mass is 9.94. The molecule has 1 saturated heterocycles. The van der Waals surface area contributed by atoms with Crippen molar-refractivity contribution in [2.24, 2.45) is 23.5 Å². The van der Waals surface area contributed by atoms with E-state index in [0.29, 0.717) is 0 Å². The largest absolute Gasteiger partial charge is 0.330 e. The summed E-state index contributed by atoms with van der Waals surface area (Å²) in [6.07, 6.45) is 5.35. The summed E-state index contributed by atoms with van der Waals surface area (Å²) in [6.45, 7) is 11.7. The van der Waals surface area contributed by atoms with E-state index in [2.05, 4.69) is 25.7 Å². The molecule has 0 aromatic rings. The summed E-state index contributed by atoms with van der Waals surface area (Å²) in [6, 6.07) is 0. The van der Waals surface area contributed by atoms with Crippen molar-refractivity contribution in [3.05, 3.63) is 0 Å². The highest BCUT2D eigenvalue weighted by Crippen LogP contribution is 2.21. The van der Waals surface area contributed by atoms with Crippen LogP contribution in [0.4, 0.5) is 0 Å². The zero-order chi connectivity index (χ0) is 12.0. The Hall–Kier alpha value is -0.0800. The van der Waals surface area contributed by atoms with Crippen molar-refractivity contribution in [2.45, 2.75) is 46.5 Å². The van der Waals surface area contributed by atoms with Crippen LogP contribution in [0.15, 0.2) is 0 Å². The van der Waals surface area contributed by atoms with Crippen LogP contribution < -0.4 is 5.73 Å². The molecule has 0 aromatic carbocycles. The number of hydrogen-bond donors (Lipinski definition) is 1. The Morgan fingerprint density at radius 2 is 2.12 bits per heavy atom. The maximum atomic E-state index is 5.84. The maximum absolute atomic E-state index is 5.84. The zero-order valence-corrected chi connectivity index (χ0v) is 11.4. The first-order valence-electron chi connectivity index (χ1n) is 7.08.